The van der Waals surface area contributed by atoms with Crippen molar-refractivity contribution >= 4 is 27.9 Å². The highest BCUT2D eigenvalue weighted by Gasteiger charge is 2.55. The number of aliphatic hydroxyl groups excluding tert-OH is 1. The molecular weight excluding hydrogens is 402 g/mol. The smallest absolute Gasteiger partial charge is 0.224 e. The van der Waals surface area contributed by atoms with Crippen LogP contribution >= 0.6 is 0 Å². The molecule has 1 saturated heterocycles. The van der Waals surface area contributed by atoms with Gasteiger partial charge >= 0.3 is 0 Å². The molecule has 5 rings (SSSR count). The predicted molar refractivity (Wildman–Crippen MR) is 116 cm³/mol. The second-order valence-electron chi connectivity index (χ2n) is 9.17. The predicted octanol–water partition coefficient (Wildman–Crippen LogP) is 1.96. The van der Waals surface area contributed by atoms with Crippen LogP contribution in [0.3, 0.4) is 0 Å². The quantitative estimate of drug-likeness (QED) is 0.752. The summed E-state index contributed by atoms with van der Waals surface area (Å²) >= 11 is 0. The first kappa shape index (κ1) is 20.0. The third-order valence-electron chi connectivity index (χ3n) is 7.18. The molecule has 0 bridgehead atoms. The molecule has 1 spiro atoms. The van der Waals surface area contributed by atoms with Crippen molar-refractivity contribution < 1.29 is 13.5 Å². The third kappa shape index (κ3) is 3.42. The van der Waals surface area contributed by atoms with Crippen molar-refractivity contribution in [2.45, 2.75) is 56.7 Å². The Morgan fingerprint density at radius 2 is 2.07 bits per heavy atom. The van der Waals surface area contributed by atoms with Crippen molar-refractivity contribution in [1.82, 2.24) is 14.3 Å². The molecule has 0 amide bonds. The molecule has 2 aliphatic heterocycles. The molecule has 2 aliphatic carbocycles. The van der Waals surface area contributed by atoms with Crippen LogP contribution in [0.4, 0.5) is 11.8 Å². The molecule has 3 atom stereocenters. The van der Waals surface area contributed by atoms with Gasteiger partial charge in [-0.1, -0.05) is 13.0 Å². The largest absolute Gasteiger partial charge is 0.390 e. The number of hydrogen-bond donors (Lipinski definition) is 2. The summed E-state index contributed by atoms with van der Waals surface area (Å²) in [6.45, 7) is 4.73. The van der Waals surface area contributed by atoms with Crippen LogP contribution in [-0.4, -0.2) is 65.3 Å². The van der Waals surface area contributed by atoms with E-state index in [1.54, 1.807) is 0 Å². The first-order valence-electron chi connectivity index (χ1n) is 10.7. The maximum Gasteiger partial charge on any atom is 0.224 e. The molecule has 9 heteroatoms. The summed E-state index contributed by atoms with van der Waals surface area (Å²) < 4.78 is 24.8. The van der Waals surface area contributed by atoms with E-state index in [4.69, 9.17) is 4.98 Å². The molecule has 2 N–H and O–H groups in total. The Balaban J connectivity index is 1.38. The van der Waals surface area contributed by atoms with Crippen LogP contribution in [0.5, 0.6) is 0 Å². The number of rotatable bonds is 4. The summed E-state index contributed by atoms with van der Waals surface area (Å²) in [6, 6.07) is 0.137. The van der Waals surface area contributed by atoms with Gasteiger partial charge in [-0.25, -0.2) is 13.4 Å². The fourth-order valence-electron chi connectivity index (χ4n) is 5.32. The topological polar surface area (TPSA) is 98.7 Å². The number of piperidine rings is 1. The maximum absolute atomic E-state index is 11.8. The number of allylic oxidation sites excluding steroid dienone is 1. The number of aliphatic hydroxyl groups is 1. The summed E-state index contributed by atoms with van der Waals surface area (Å²) in [7, 11) is -3.30. The van der Waals surface area contributed by atoms with E-state index in [1.807, 2.05) is 18.3 Å². The second kappa shape index (κ2) is 7.03. The molecule has 1 aromatic rings. The second-order valence-corrected chi connectivity index (χ2v) is 11.1. The minimum Gasteiger partial charge on any atom is -0.390 e. The first-order chi connectivity index (χ1) is 14.3. The average Bonchev–Trinajstić information content (AvgIpc) is 3.35. The Morgan fingerprint density at radius 1 is 1.27 bits per heavy atom. The number of anilines is 2. The van der Waals surface area contributed by atoms with Gasteiger partial charge < -0.3 is 15.3 Å². The lowest BCUT2D eigenvalue weighted by Gasteiger charge is -2.38. The van der Waals surface area contributed by atoms with Gasteiger partial charge in [0.15, 0.2) is 0 Å². The van der Waals surface area contributed by atoms with E-state index in [2.05, 4.69) is 21.8 Å². The molecule has 8 nitrogen and oxygen atoms in total. The first-order valence-corrected chi connectivity index (χ1v) is 12.5. The lowest BCUT2D eigenvalue weighted by atomic mass is 9.96. The molecule has 4 aliphatic rings. The summed E-state index contributed by atoms with van der Waals surface area (Å²) in [5, 5.41) is 13.7. The highest BCUT2D eigenvalue weighted by atomic mass is 32.2. The lowest BCUT2D eigenvalue weighted by Crippen LogP contribution is -2.51. The molecule has 1 aromatic heterocycles. The zero-order valence-electron chi connectivity index (χ0n) is 17.3. The Hall–Kier alpha value is -1.97. The molecule has 3 heterocycles. The van der Waals surface area contributed by atoms with Gasteiger partial charge in [0.25, 0.3) is 0 Å². The monoisotopic (exact) mass is 431 g/mol. The molecule has 0 radical (unpaired) electrons. The van der Waals surface area contributed by atoms with Crippen LogP contribution in [0, 0.1) is 5.41 Å². The summed E-state index contributed by atoms with van der Waals surface area (Å²) in [5.41, 5.74) is 2.36. The number of nitrogens with one attached hydrogen (secondary N) is 1. The van der Waals surface area contributed by atoms with E-state index in [9.17, 15) is 13.5 Å². The molecule has 3 fully saturated rings. The van der Waals surface area contributed by atoms with E-state index in [1.165, 1.54) is 36.2 Å². The average molecular weight is 432 g/mol. The van der Waals surface area contributed by atoms with Crippen molar-refractivity contribution in [3.63, 3.8) is 0 Å². The third-order valence-corrected chi connectivity index (χ3v) is 8.45. The van der Waals surface area contributed by atoms with Crippen LogP contribution in [0.25, 0.3) is 6.08 Å². The summed E-state index contributed by atoms with van der Waals surface area (Å²) in [5.74, 6) is 1.34. The van der Waals surface area contributed by atoms with Gasteiger partial charge in [0.1, 0.15) is 5.82 Å². The van der Waals surface area contributed by atoms with Crippen LogP contribution in [-0.2, 0) is 10.0 Å². The molecule has 2 unspecified atom stereocenters. The van der Waals surface area contributed by atoms with Gasteiger partial charge in [0, 0.05) is 36.6 Å². The number of sulfonamides is 1. The van der Waals surface area contributed by atoms with Gasteiger partial charge in [0.2, 0.25) is 16.0 Å². The highest BCUT2D eigenvalue weighted by molar-refractivity contribution is 7.88. The molecular formula is C21H29N5O3S. The highest BCUT2D eigenvalue weighted by Crippen LogP contribution is 2.60. The number of β-amino-alcohol motifs (C(OH)–C–C–N with tert-alkyl or cyclic N) is 1. The SMILES string of the molecule is C=C1C=Cc2cnc(NC3CCN(S(C)(=O)=O)CC3O)nc2N1[C@H]1CCCC12CC2. The number of hydrogen-bond acceptors (Lipinski definition) is 7. The van der Waals surface area contributed by atoms with Crippen molar-refractivity contribution in [3.8, 4) is 0 Å². The van der Waals surface area contributed by atoms with Crippen LogP contribution in [0.15, 0.2) is 24.5 Å². The number of aromatic nitrogens is 2. The lowest BCUT2D eigenvalue weighted by molar-refractivity contribution is 0.0950. The van der Waals surface area contributed by atoms with Crippen molar-refractivity contribution in [2.75, 3.05) is 29.6 Å². The number of nitrogens with zero attached hydrogens (tertiary/aromatic N) is 4. The molecule has 2 saturated carbocycles. The van der Waals surface area contributed by atoms with Crippen molar-refractivity contribution in [1.29, 1.82) is 0 Å². The van der Waals surface area contributed by atoms with Gasteiger partial charge in [0.05, 0.1) is 18.4 Å². The zero-order chi connectivity index (χ0) is 21.1. The Bertz CT molecular complexity index is 1000. The molecule has 30 heavy (non-hydrogen) atoms. The summed E-state index contributed by atoms with van der Waals surface area (Å²) in [4.78, 5) is 11.6. The van der Waals surface area contributed by atoms with Crippen molar-refractivity contribution in [3.05, 3.63) is 30.1 Å². The zero-order valence-corrected chi connectivity index (χ0v) is 18.1. The summed E-state index contributed by atoms with van der Waals surface area (Å²) in [6.07, 6.45) is 12.9. The van der Waals surface area contributed by atoms with Crippen LogP contribution in [0.1, 0.15) is 44.1 Å². The Labute approximate surface area is 177 Å². The van der Waals surface area contributed by atoms with Crippen molar-refractivity contribution in [2.24, 2.45) is 5.41 Å². The Morgan fingerprint density at radius 3 is 2.77 bits per heavy atom. The minimum atomic E-state index is -3.30. The van der Waals surface area contributed by atoms with Crippen LogP contribution in [0.2, 0.25) is 0 Å². The molecule has 0 aromatic carbocycles. The van der Waals surface area contributed by atoms with E-state index >= 15 is 0 Å². The normalized spacial score (nSPS) is 30.5. The fourth-order valence-corrected chi connectivity index (χ4v) is 6.18. The standard InChI is InChI=1S/C21H29N5O3S/c1-14-5-6-15-12-22-20(23-16-7-11-25(13-17(16)27)30(2,28)29)24-19(15)26(14)18-4-3-8-21(18)9-10-21/h5-6,12,16-18,27H,1,3-4,7-11,13H2,2H3,(H,22,23,24)/t16?,17?,18-/m0/s1. The van der Waals surface area contributed by atoms with E-state index < -0.39 is 16.1 Å². The van der Waals surface area contributed by atoms with E-state index in [0.717, 1.165) is 23.5 Å². The number of fused-ring (bicyclic) bond motifs is 1. The van der Waals surface area contributed by atoms with Gasteiger partial charge in [-0.05, 0) is 49.7 Å². The van der Waals surface area contributed by atoms with E-state index in [0.29, 0.717) is 30.4 Å². The molecule has 162 valence electrons. The van der Waals surface area contributed by atoms with Gasteiger partial charge in [-0.15, -0.1) is 0 Å². The van der Waals surface area contributed by atoms with Crippen LogP contribution < -0.4 is 10.2 Å². The maximum atomic E-state index is 11.8. The van der Waals surface area contributed by atoms with Gasteiger partial charge in [-0.3, -0.25) is 0 Å². The fraction of sp³-hybridized carbons (Fsp3) is 0.619. The van der Waals surface area contributed by atoms with Gasteiger partial charge in [-0.2, -0.15) is 9.29 Å². The minimum absolute atomic E-state index is 0.0811. The van der Waals surface area contributed by atoms with E-state index in [-0.39, 0.29) is 12.6 Å². The Kier molecular flexibility index (Phi) is 4.68.